The van der Waals surface area contributed by atoms with E-state index in [0.29, 0.717) is 11.3 Å². The van der Waals surface area contributed by atoms with E-state index >= 15 is 0 Å². The second kappa shape index (κ2) is 4.85. The quantitative estimate of drug-likeness (QED) is 0.674. The van der Waals surface area contributed by atoms with Gasteiger partial charge in [0.2, 0.25) is 10.2 Å². The van der Waals surface area contributed by atoms with Crippen LogP contribution >= 0.6 is 11.3 Å². The topological polar surface area (TPSA) is 115 Å². The SMILES string of the molecule is O=[N+]([O-])c1cnc(NS(=O)(=O)c2ncccc2F)s1. The Morgan fingerprint density at radius 1 is 1.42 bits per heavy atom. The Hall–Kier alpha value is -2.14. The van der Waals surface area contributed by atoms with Crippen LogP contribution in [0.4, 0.5) is 14.5 Å². The molecule has 2 rings (SSSR count). The van der Waals surface area contributed by atoms with Crippen LogP contribution in [-0.4, -0.2) is 23.3 Å². The Bertz CT molecular complexity index is 730. The number of halogens is 1. The number of pyridine rings is 1. The molecular weight excluding hydrogens is 299 g/mol. The average Bonchev–Trinajstić information content (AvgIpc) is 2.77. The lowest BCUT2D eigenvalue weighted by Crippen LogP contribution is -2.15. The Kier molecular flexibility index (Phi) is 3.40. The third kappa shape index (κ3) is 2.82. The molecule has 0 aromatic carbocycles. The van der Waals surface area contributed by atoms with E-state index in [1.807, 2.05) is 4.72 Å². The highest BCUT2D eigenvalue weighted by molar-refractivity contribution is 7.92. The van der Waals surface area contributed by atoms with Crippen LogP contribution in [0, 0.1) is 15.9 Å². The van der Waals surface area contributed by atoms with Gasteiger partial charge in [-0.15, -0.1) is 0 Å². The van der Waals surface area contributed by atoms with Gasteiger partial charge in [-0.25, -0.2) is 14.4 Å². The molecule has 0 unspecified atom stereocenters. The smallest absolute Gasteiger partial charge is 0.257 e. The second-order valence-corrected chi connectivity index (χ2v) is 5.76. The van der Waals surface area contributed by atoms with Gasteiger partial charge in [-0.2, -0.15) is 8.42 Å². The molecule has 100 valence electrons. The number of anilines is 1. The zero-order valence-corrected chi connectivity index (χ0v) is 10.6. The van der Waals surface area contributed by atoms with E-state index in [1.54, 1.807) is 0 Å². The number of hydrogen-bond acceptors (Lipinski definition) is 7. The van der Waals surface area contributed by atoms with Crippen LogP contribution in [0.3, 0.4) is 0 Å². The minimum Gasteiger partial charge on any atom is -0.257 e. The number of hydrogen-bond donors (Lipinski definition) is 1. The van der Waals surface area contributed by atoms with Gasteiger partial charge in [0.05, 0.1) is 4.92 Å². The number of aromatic nitrogens is 2. The van der Waals surface area contributed by atoms with Gasteiger partial charge < -0.3 is 0 Å². The van der Waals surface area contributed by atoms with Crippen molar-refractivity contribution in [2.45, 2.75) is 5.03 Å². The van der Waals surface area contributed by atoms with Gasteiger partial charge in [0.15, 0.2) is 5.82 Å². The molecule has 0 aliphatic rings. The number of rotatable bonds is 4. The largest absolute Gasteiger partial charge is 0.345 e. The summed E-state index contributed by atoms with van der Waals surface area (Å²) in [5.41, 5.74) is 0. The zero-order chi connectivity index (χ0) is 14.0. The van der Waals surface area contributed by atoms with Crippen molar-refractivity contribution in [1.29, 1.82) is 0 Å². The van der Waals surface area contributed by atoms with Gasteiger partial charge in [-0.3, -0.25) is 14.8 Å². The monoisotopic (exact) mass is 304 g/mol. The number of sulfonamides is 1. The molecule has 0 aliphatic heterocycles. The molecule has 1 N–H and O–H groups in total. The van der Waals surface area contributed by atoms with E-state index in [2.05, 4.69) is 9.97 Å². The maximum atomic E-state index is 13.3. The Balaban J connectivity index is 2.31. The molecule has 0 bridgehead atoms. The van der Waals surface area contributed by atoms with Gasteiger partial charge in [-0.05, 0) is 23.5 Å². The first kappa shape index (κ1) is 13.3. The molecule has 0 aliphatic carbocycles. The normalized spacial score (nSPS) is 11.2. The molecule has 0 fully saturated rings. The summed E-state index contributed by atoms with van der Waals surface area (Å²) < 4.78 is 38.8. The summed E-state index contributed by atoms with van der Waals surface area (Å²) in [5.74, 6) is -1.03. The molecule has 0 saturated carbocycles. The predicted octanol–water partition coefficient (Wildman–Crippen LogP) is 1.39. The van der Waals surface area contributed by atoms with Crippen molar-refractivity contribution in [3.8, 4) is 0 Å². The van der Waals surface area contributed by atoms with Crippen LogP contribution in [0.2, 0.25) is 0 Å². The third-order valence-electron chi connectivity index (χ3n) is 1.87. The predicted molar refractivity (Wildman–Crippen MR) is 63.8 cm³/mol. The van der Waals surface area contributed by atoms with E-state index in [4.69, 9.17) is 0 Å². The molecule has 2 heterocycles. The number of nitrogens with zero attached hydrogens (tertiary/aromatic N) is 3. The highest BCUT2D eigenvalue weighted by Gasteiger charge is 2.23. The highest BCUT2D eigenvalue weighted by atomic mass is 32.2. The van der Waals surface area contributed by atoms with Crippen molar-refractivity contribution >= 4 is 31.5 Å². The third-order valence-corrected chi connectivity index (χ3v) is 4.14. The van der Waals surface area contributed by atoms with Gasteiger partial charge in [-0.1, -0.05) is 0 Å². The summed E-state index contributed by atoms with van der Waals surface area (Å²) in [7, 11) is -4.27. The first-order valence-corrected chi connectivity index (χ1v) is 6.93. The summed E-state index contributed by atoms with van der Waals surface area (Å²) in [4.78, 5) is 16.6. The second-order valence-electron chi connectivity index (χ2n) is 3.16. The van der Waals surface area contributed by atoms with Gasteiger partial charge in [0, 0.05) is 6.20 Å². The van der Waals surface area contributed by atoms with Crippen LogP contribution in [0.5, 0.6) is 0 Å². The fourth-order valence-electron chi connectivity index (χ4n) is 1.13. The fraction of sp³-hybridized carbons (Fsp3) is 0. The lowest BCUT2D eigenvalue weighted by atomic mass is 10.5. The summed E-state index contributed by atoms with van der Waals surface area (Å²) in [6, 6.07) is 2.18. The number of nitro groups is 1. The lowest BCUT2D eigenvalue weighted by Gasteiger charge is -2.04. The van der Waals surface area contributed by atoms with E-state index < -0.39 is 25.8 Å². The van der Waals surface area contributed by atoms with Crippen LogP contribution in [-0.2, 0) is 10.0 Å². The molecule has 8 nitrogen and oxygen atoms in total. The standard InChI is InChI=1S/C8H5FN4O4S2/c9-5-2-1-3-10-7(5)19(16,17)12-8-11-4-6(18-8)13(14)15/h1-4H,(H,11,12). The summed E-state index contributed by atoms with van der Waals surface area (Å²) in [6.07, 6.45) is 2.01. The van der Waals surface area contributed by atoms with Gasteiger partial charge in [0.1, 0.15) is 6.20 Å². The van der Waals surface area contributed by atoms with Gasteiger partial charge in [0.25, 0.3) is 10.0 Å². The molecule has 19 heavy (non-hydrogen) atoms. The van der Waals surface area contributed by atoms with Crippen molar-refractivity contribution in [2.24, 2.45) is 0 Å². The summed E-state index contributed by atoms with van der Waals surface area (Å²) in [6.45, 7) is 0. The van der Waals surface area contributed by atoms with Crippen LogP contribution < -0.4 is 4.72 Å². The fourth-order valence-corrected chi connectivity index (χ4v) is 3.01. The Morgan fingerprint density at radius 3 is 2.74 bits per heavy atom. The molecule has 0 spiro atoms. The summed E-state index contributed by atoms with van der Waals surface area (Å²) >= 11 is 0.518. The van der Waals surface area contributed by atoms with Crippen molar-refractivity contribution in [3.63, 3.8) is 0 Å². The van der Waals surface area contributed by atoms with Crippen LogP contribution in [0.15, 0.2) is 29.6 Å². The molecule has 0 radical (unpaired) electrons. The van der Waals surface area contributed by atoms with E-state index in [-0.39, 0.29) is 10.1 Å². The van der Waals surface area contributed by atoms with Gasteiger partial charge >= 0.3 is 5.00 Å². The average molecular weight is 304 g/mol. The molecule has 0 atom stereocenters. The minimum atomic E-state index is -4.27. The van der Waals surface area contributed by atoms with E-state index in [9.17, 15) is 22.9 Å². The highest BCUT2D eigenvalue weighted by Crippen LogP contribution is 2.27. The molecular formula is C8H5FN4O4S2. The maximum absolute atomic E-state index is 13.3. The molecule has 2 aromatic rings. The first-order chi connectivity index (χ1) is 8.90. The number of nitrogens with one attached hydrogen (secondary N) is 1. The summed E-state index contributed by atoms with van der Waals surface area (Å²) in [5, 5.41) is 9.06. The van der Waals surface area contributed by atoms with Crippen molar-refractivity contribution in [3.05, 3.63) is 40.5 Å². The first-order valence-electron chi connectivity index (χ1n) is 4.64. The van der Waals surface area contributed by atoms with Crippen molar-refractivity contribution < 1.29 is 17.7 Å². The maximum Gasteiger partial charge on any atom is 0.345 e. The molecule has 0 saturated heterocycles. The van der Waals surface area contributed by atoms with E-state index in [0.717, 1.165) is 18.5 Å². The molecule has 0 amide bonds. The zero-order valence-electron chi connectivity index (χ0n) is 8.98. The number of thiazole rings is 1. The molecule has 2 aromatic heterocycles. The minimum absolute atomic E-state index is 0.239. The van der Waals surface area contributed by atoms with E-state index in [1.165, 1.54) is 6.07 Å². The Morgan fingerprint density at radius 2 is 2.16 bits per heavy atom. The van der Waals surface area contributed by atoms with Crippen LogP contribution in [0.25, 0.3) is 0 Å². The van der Waals surface area contributed by atoms with Crippen LogP contribution in [0.1, 0.15) is 0 Å². The molecule has 11 heteroatoms. The Labute approximate surface area is 110 Å². The lowest BCUT2D eigenvalue weighted by molar-refractivity contribution is -0.380. The van der Waals surface area contributed by atoms with Crippen molar-refractivity contribution in [2.75, 3.05) is 4.72 Å². The van der Waals surface area contributed by atoms with Crippen molar-refractivity contribution in [1.82, 2.24) is 9.97 Å².